The first-order valence-electron chi connectivity index (χ1n) is 7.14. The predicted molar refractivity (Wildman–Crippen MR) is 86.4 cm³/mol. The first kappa shape index (κ1) is 13.6. The van der Waals surface area contributed by atoms with Crippen LogP contribution in [-0.4, -0.2) is 27.0 Å². The number of allylic oxidation sites excluding steroid dienone is 1. The van der Waals surface area contributed by atoms with Crippen LogP contribution >= 0.6 is 12.2 Å². The van der Waals surface area contributed by atoms with Crippen molar-refractivity contribution >= 4 is 23.3 Å². The quantitative estimate of drug-likeness (QED) is 0.669. The van der Waals surface area contributed by atoms with Crippen molar-refractivity contribution in [2.24, 2.45) is 0 Å². The van der Waals surface area contributed by atoms with Crippen LogP contribution < -0.4 is 0 Å². The minimum Gasteiger partial charge on any atom is -0.331 e. The molecular formula is C16H21N3S. The third-order valence-corrected chi connectivity index (χ3v) is 4.38. The third-order valence-electron chi connectivity index (χ3n) is 4.05. The Morgan fingerprint density at radius 1 is 1.45 bits per heavy atom. The van der Waals surface area contributed by atoms with Gasteiger partial charge in [0, 0.05) is 25.7 Å². The Kier molecular flexibility index (Phi) is 3.52. The van der Waals surface area contributed by atoms with Crippen LogP contribution in [0.4, 0.5) is 0 Å². The lowest BCUT2D eigenvalue weighted by atomic mass is 10.1. The van der Waals surface area contributed by atoms with E-state index in [4.69, 9.17) is 12.2 Å². The molecule has 1 N–H and O–H groups in total. The van der Waals surface area contributed by atoms with Gasteiger partial charge in [-0.3, -0.25) is 4.90 Å². The van der Waals surface area contributed by atoms with Gasteiger partial charge in [0.25, 0.3) is 0 Å². The van der Waals surface area contributed by atoms with E-state index in [0.717, 1.165) is 29.9 Å². The fraction of sp³-hybridized carbons (Fsp3) is 0.438. The zero-order valence-electron chi connectivity index (χ0n) is 12.3. The lowest BCUT2D eigenvalue weighted by Gasteiger charge is -2.26. The first-order chi connectivity index (χ1) is 9.56. The second kappa shape index (κ2) is 5.19. The second-order valence-corrected chi connectivity index (χ2v) is 6.30. The lowest BCUT2D eigenvalue weighted by molar-refractivity contribution is 0.210. The van der Waals surface area contributed by atoms with Crippen molar-refractivity contribution in [1.82, 2.24) is 14.5 Å². The summed E-state index contributed by atoms with van der Waals surface area (Å²) in [5.41, 5.74) is 5.17. The molecule has 3 rings (SSSR count). The smallest absolute Gasteiger partial charge is 0.178 e. The van der Waals surface area contributed by atoms with Crippen molar-refractivity contribution in [3.63, 3.8) is 0 Å². The molecule has 1 aliphatic rings. The first-order valence-corrected chi connectivity index (χ1v) is 7.55. The molecule has 0 bridgehead atoms. The Labute approximate surface area is 124 Å². The summed E-state index contributed by atoms with van der Waals surface area (Å²) in [7, 11) is 0. The molecule has 4 heteroatoms. The maximum absolute atomic E-state index is 5.48. The van der Waals surface area contributed by atoms with Crippen LogP contribution in [-0.2, 0) is 13.1 Å². The summed E-state index contributed by atoms with van der Waals surface area (Å²) < 4.78 is 3.09. The van der Waals surface area contributed by atoms with Crippen molar-refractivity contribution in [2.45, 2.75) is 39.9 Å². The van der Waals surface area contributed by atoms with Gasteiger partial charge in [-0.1, -0.05) is 23.8 Å². The van der Waals surface area contributed by atoms with E-state index in [-0.39, 0.29) is 0 Å². The zero-order valence-corrected chi connectivity index (χ0v) is 13.1. The molecule has 0 spiro atoms. The van der Waals surface area contributed by atoms with Crippen LogP contribution in [0.2, 0.25) is 0 Å². The second-order valence-electron chi connectivity index (χ2n) is 5.91. The molecule has 0 saturated carbocycles. The molecule has 0 fully saturated rings. The van der Waals surface area contributed by atoms with E-state index in [1.165, 1.54) is 16.7 Å². The maximum Gasteiger partial charge on any atom is 0.178 e. The van der Waals surface area contributed by atoms with Crippen LogP contribution in [0.1, 0.15) is 26.3 Å². The predicted octanol–water partition coefficient (Wildman–Crippen LogP) is 3.87. The van der Waals surface area contributed by atoms with E-state index >= 15 is 0 Å². The van der Waals surface area contributed by atoms with Crippen LogP contribution in [0.15, 0.2) is 29.8 Å². The number of imidazole rings is 1. The molecule has 106 valence electrons. The molecule has 1 aliphatic heterocycles. The van der Waals surface area contributed by atoms with Gasteiger partial charge >= 0.3 is 0 Å². The SMILES string of the molecule is CC(C)=CCN1Cc2cccc3[nH]c(=S)n(c23)C[C@H]1C. The summed E-state index contributed by atoms with van der Waals surface area (Å²) in [6.45, 7) is 9.53. The number of H-pyrrole nitrogens is 1. The monoisotopic (exact) mass is 287 g/mol. The molecule has 0 unspecified atom stereocenters. The Hall–Kier alpha value is -1.39. The molecule has 0 amide bonds. The van der Waals surface area contributed by atoms with Gasteiger partial charge in [0.15, 0.2) is 4.77 Å². The molecule has 0 saturated heterocycles. The maximum atomic E-state index is 5.48. The number of benzene rings is 1. The largest absolute Gasteiger partial charge is 0.331 e. The van der Waals surface area contributed by atoms with Gasteiger partial charge in [-0.05, 0) is 44.6 Å². The van der Waals surface area contributed by atoms with Crippen molar-refractivity contribution in [2.75, 3.05) is 6.54 Å². The molecule has 1 atom stereocenters. The molecule has 20 heavy (non-hydrogen) atoms. The van der Waals surface area contributed by atoms with Gasteiger partial charge in [-0.2, -0.15) is 0 Å². The van der Waals surface area contributed by atoms with Gasteiger partial charge < -0.3 is 9.55 Å². The van der Waals surface area contributed by atoms with Crippen LogP contribution in [0.3, 0.4) is 0 Å². The highest BCUT2D eigenvalue weighted by atomic mass is 32.1. The molecular weight excluding hydrogens is 266 g/mol. The van der Waals surface area contributed by atoms with E-state index in [2.05, 4.69) is 59.5 Å². The van der Waals surface area contributed by atoms with Crippen molar-refractivity contribution in [1.29, 1.82) is 0 Å². The zero-order chi connectivity index (χ0) is 14.3. The minimum absolute atomic E-state index is 0.476. The normalized spacial score (nSPS) is 19.1. The number of hydrogen-bond acceptors (Lipinski definition) is 2. The van der Waals surface area contributed by atoms with Crippen LogP contribution in [0, 0.1) is 4.77 Å². The lowest BCUT2D eigenvalue weighted by Crippen LogP contribution is -2.34. The van der Waals surface area contributed by atoms with E-state index < -0.39 is 0 Å². The topological polar surface area (TPSA) is 24.0 Å². The molecule has 3 nitrogen and oxygen atoms in total. The van der Waals surface area contributed by atoms with Crippen molar-refractivity contribution < 1.29 is 0 Å². The number of rotatable bonds is 2. The van der Waals surface area contributed by atoms with Gasteiger partial charge in [-0.15, -0.1) is 0 Å². The van der Waals surface area contributed by atoms with E-state index in [0.29, 0.717) is 6.04 Å². The van der Waals surface area contributed by atoms with Gasteiger partial charge in [0.2, 0.25) is 0 Å². The number of aromatic amines is 1. The number of para-hydroxylation sites is 1. The number of hydrogen-bond donors (Lipinski definition) is 1. The third kappa shape index (κ3) is 2.34. The van der Waals surface area contributed by atoms with E-state index in [1.54, 1.807) is 0 Å². The van der Waals surface area contributed by atoms with Crippen LogP contribution in [0.25, 0.3) is 11.0 Å². The summed E-state index contributed by atoms with van der Waals surface area (Å²) in [5.74, 6) is 0. The Morgan fingerprint density at radius 3 is 3.00 bits per heavy atom. The van der Waals surface area contributed by atoms with Crippen LogP contribution in [0.5, 0.6) is 0 Å². The summed E-state index contributed by atoms with van der Waals surface area (Å²) in [4.78, 5) is 5.84. The summed E-state index contributed by atoms with van der Waals surface area (Å²) >= 11 is 5.48. The van der Waals surface area contributed by atoms with E-state index in [1.807, 2.05) is 0 Å². The Morgan fingerprint density at radius 2 is 2.25 bits per heavy atom. The minimum atomic E-state index is 0.476. The molecule has 2 heterocycles. The molecule has 0 radical (unpaired) electrons. The van der Waals surface area contributed by atoms with Crippen molar-refractivity contribution in [3.8, 4) is 0 Å². The molecule has 0 aliphatic carbocycles. The van der Waals surface area contributed by atoms with Gasteiger partial charge in [0.05, 0.1) is 11.0 Å². The standard InChI is InChI=1S/C16H21N3S/c1-11(2)7-8-18-10-13-5-4-6-14-15(13)19(9-12(18)3)16(20)17-14/h4-7,12H,8-10H2,1-3H3,(H,17,20)/t12-/m1/s1. The number of nitrogens with one attached hydrogen (secondary N) is 1. The average molecular weight is 287 g/mol. The highest BCUT2D eigenvalue weighted by Gasteiger charge is 2.22. The fourth-order valence-corrected chi connectivity index (χ4v) is 3.17. The summed E-state index contributed by atoms with van der Waals surface area (Å²) in [5, 5.41) is 0. The summed E-state index contributed by atoms with van der Waals surface area (Å²) in [6.07, 6.45) is 2.30. The van der Waals surface area contributed by atoms with Gasteiger partial charge in [-0.25, -0.2) is 0 Å². The summed E-state index contributed by atoms with van der Waals surface area (Å²) in [6, 6.07) is 6.92. The number of nitrogens with zero attached hydrogens (tertiary/aromatic N) is 2. The van der Waals surface area contributed by atoms with Gasteiger partial charge in [0.1, 0.15) is 0 Å². The highest BCUT2D eigenvalue weighted by molar-refractivity contribution is 7.71. The molecule has 1 aromatic carbocycles. The average Bonchev–Trinajstić information content (AvgIpc) is 2.62. The fourth-order valence-electron chi connectivity index (χ4n) is 2.90. The molecule has 2 aromatic rings. The Balaban J connectivity index is 2.05. The van der Waals surface area contributed by atoms with Crippen molar-refractivity contribution in [3.05, 3.63) is 40.2 Å². The Bertz CT molecular complexity index is 719. The van der Waals surface area contributed by atoms with E-state index in [9.17, 15) is 0 Å². The molecule has 1 aromatic heterocycles. The highest BCUT2D eigenvalue weighted by Crippen LogP contribution is 2.25. The number of aromatic nitrogens is 2.